The highest BCUT2D eigenvalue weighted by Gasteiger charge is 1.98. The zero-order valence-electron chi connectivity index (χ0n) is 11.5. The first-order valence-corrected chi connectivity index (χ1v) is 6.66. The summed E-state index contributed by atoms with van der Waals surface area (Å²) in [5.74, 6) is 1.80. The highest BCUT2D eigenvalue weighted by molar-refractivity contribution is 5.37. The van der Waals surface area contributed by atoms with E-state index in [4.69, 9.17) is 4.74 Å². The van der Waals surface area contributed by atoms with Gasteiger partial charge in [0.1, 0.15) is 18.2 Å². The Morgan fingerprint density at radius 3 is 2.68 bits per heavy atom. The van der Waals surface area contributed by atoms with Crippen molar-refractivity contribution in [1.29, 1.82) is 0 Å². The average molecular weight is 256 g/mol. The third-order valence-corrected chi connectivity index (χ3v) is 2.81. The number of ether oxygens (including phenoxy) is 1. The molecule has 100 valence electrons. The van der Waals surface area contributed by atoms with Gasteiger partial charge in [-0.3, -0.25) is 0 Å². The van der Waals surface area contributed by atoms with Gasteiger partial charge >= 0.3 is 0 Å². The maximum absolute atomic E-state index is 5.75. The minimum atomic E-state index is 0.562. The summed E-state index contributed by atoms with van der Waals surface area (Å²) in [5, 5.41) is 3.27. The first-order valence-electron chi connectivity index (χ1n) is 6.66. The van der Waals surface area contributed by atoms with Gasteiger partial charge in [-0.15, -0.1) is 0 Å². The number of nitrogens with one attached hydrogen (secondary N) is 1. The van der Waals surface area contributed by atoms with Gasteiger partial charge in [0.25, 0.3) is 0 Å². The normalized spacial score (nSPS) is 10.2. The van der Waals surface area contributed by atoms with Crippen LogP contribution in [0.1, 0.15) is 24.5 Å². The van der Waals surface area contributed by atoms with Crippen LogP contribution in [-0.4, -0.2) is 11.5 Å². The molecule has 1 aromatic carbocycles. The average Bonchev–Trinajstić information content (AvgIpc) is 2.45. The molecule has 3 heteroatoms. The standard InChI is InChI=1S/C16H20N2O/c1-3-9-17-16-11-14(8-10-18-16)12-19-15-6-4-13(2)5-7-15/h4-8,10-11H,3,9,12H2,1-2H3,(H,17,18). The van der Waals surface area contributed by atoms with Crippen molar-refractivity contribution in [2.45, 2.75) is 26.9 Å². The number of rotatable bonds is 6. The Balaban J connectivity index is 1.93. The summed E-state index contributed by atoms with van der Waals surface area (Å²) in [4.78, 5) is 4.28. The molecule has 0 aliphatic carbocycles. The van der Waals surface area contributed by atoms with E-state index in [9.17, 15) is 0 Å². The van der Waals surface area contributed by atoms with Crippen LogP contribution in [0.2, 0.25) is 0 Å². The molecule has 3 nitrogen and oxygen atoms in total. The van der Waals surface area contributed by atoms with Crippen molar-refractivity contribution >= 4 is 5.82 Å². The lowest BCUT2D eigenvalue weighted by molar-refractivity contribution is 0.306. The van der Waals surface area contributed by atoms with Crippen LogP contribution in [0.4, 0.5) is 5.82 Å². The van der Waals surface area contributed by atoms with E-state index in [-0.39, 0.29) is 0 Å². The van der Waals surface area contributed by atoms with Crippen molar-refractivity contribution < 1.29 is 4.74 Å². The SMILES string of the molecule is CCCNc1cc(COc2ccc(C)cc2)ccn1. The molecule has 0 saturated heterocycles. The van der Waals surface area contributed by atoms with E-state index in [1.54, 1.807) is 0 Å². The lowest BCUT2D eigenvalue weighted by atomic mass is 10.2. The summed E-state index contributed by atoms with van der Waals surface area (Å²) in [7, 11) is 0. The molecule has 0 spiro atoms. The van der Waals surface area contributed by atoms with E-state index in [1.807, 2.05) is 30.5 Å². The largest absolute Gasteiger partial charge is 0.489 e. The zero-order chi connectivity index (χ0) is 13.5. The Bertz CT molecular complexity index is 508. The fraction of sp³-hybridized carbons (Fsp3) is 0.312. The number of aryl methyl sites for hydroxylation is 1. The molecular formula is C16H20N2O. The van der Waals surface area contributed by atoms with E-state index in [1.165, 1.54) is 5.56 Å². The van der Waals surface area contributed by atoms with Crippen molar-refractivity contribution in [3.8, 4) is 5.75 Å². The summed E-state index contributed by atoms with van der Waals surface area (Å²) >= 11 is 0. The number of aromatic nitrogens is 1. The van der Waals surface area contributed by atoms with E-state index in [0.29, 0.717) is 6.61 Å². The molecule has 0 aliphatic rings. The maximum atomic E-state index is 5.75. The molecule has 0 fully saturated rings. The van der Waals surface area contributed by atoms with Gasteiger partial charge in [-0.2, -0.15) is 0 Å². The second kappa shape index (κ2) is 6.78. The molecule has 0 bridgehead atoms. The smallest absolute Gasteiger partial charge is 0.126 e. The minimum Gasteiger partial charge on any atom is -0.489 e. The lowest BCUT2D eigenvalue weighted by Gasteiger charge is -2.08. The van der Waals surface area contributed by atoms with Crippen molar-refractivity contribution in [3.05, 3.63) is 53.7 Å². The van der Waals surface area contributed by atoms with Crippen LogP contribution < -0.4 is 10.1 Å². The molecule has 1 aromatic heterocycles. The second-order valence-electron chi connectivity index (χ2n) is 4.58. The lowest BCUT2D eigenvalue weighted by Crippen LogP contribution is -2.03. The van der Waals surface area contributed by atoms with Crippen molar-refractivity contribution in [2.24, 2.45) is 0 Å². The van der Waals surface area contributed by atoms with Crippen LogP contribution in [0.25, 0.3) is 0 Å². The van der Waals surface area contributed by atoms with Gasteiger partial charge in [-0.05, 0) is 43.2 Å². The van der Waals surface area contributed by atoms with Gasteiger partial charge in [0.05, 0.1) is 0 Å². The number of benzene rings is 1. The number of nitrogens with zero attached hydrogens (tertiary/aromatic N) is 1. The van der Waals surface area contributed by atoms with Crippen LogP contribution in [-0.2, 0) is 6.61 Å². The Hall–Kier alpha value is -2.03. The first kappa shape index (κ1) is 13.4. The molecule has 0 amide bonds. The Morgan fingerprint density at radius 1 is 1.16 bits per heavy atom. The van der Waals surface area contributed by atoms with E-state index >= 15 is 0 Å². The third-order valence-electron chi connectivity index (χ3n) is 2.81. The molecule has 0 aliphatic heterocycles. The summed E-state index contributed by atoms with van der Waals surface area (Å²) in [6, 6.07) is 12.1. The van der Waals surface area contributed by atoms with E-state index in [0.717, 1.165) is 30.1 Å². The highest BCUT2D eigenvalue weighted by atomic mass is 16.5. The minimum absolute atomic E-state index is 0.562. The van der Waals surface area contributed by atoms with Crippen LogP contribution >= 0.6 is 0 Å². The topological polar surface area (TPSA) is 34.1 Å². The monoisotopic (exact) mass is 256 g/mol. The predicted molar refractivity (Wildman–Crippen MR) is 78.5 cm³/mol. The first-order chi connectivity index (χ1) is 9.28. The number of anilines is 1. The Kier molecular flexibility index (Phi) is 4.78. The van der Waals surface area contributed by atoms with Crippen LogP contribution in [0.3, 0.4) is 0 Å². The van der Waals surface area contributed by atoms with Gasteiger partial charge in [0.15, 0.2) is 0 Å². The molecule has 2 rings (SSSR count). The summed E-state index contributed by atoms with van der Waals surface area (Å²) < 4.78 is 5.75. The molecule has 0 saturated carbocycles. The number of hydrogen-bond donors (Lipinski definition) is 1. The quantitative estimate of drug-likeness (QED) is 0.853. The fourth-order valence-electron chi connectivity index (χ4n) is 1.71. The fourth-order valence-corrected chi connectivity index (χ4v) is 1.71. The number of pyridine rings is 1. The molecule has 0 atom stereocenters. The summed E-state index contributed by atoms with van der Waals surface area (Å²) in [6.45, 7) is 5.71. The highest BCUT2D eigenvalue weighted by Crippen LogP contribution is 2.14. The molecule has 1 heterocycles. The number of hydrogen-bond acceptors (Lipinski definition) is 3. The predicted octanol–water partition coefficient (Wildman–Crippen LogP) is 3.79. The van der Waals surface area contributed by atoms with Gasteiger partial charge < -0.3 is 10.1 Å². The summed E-state index contributed by atoms with van der Waals surface area (Å²) in [5.41, 5.74) is 2.36. The van der Waals surface area contributed by atoms with Gasteiger partial charge in [0.2, 0.25) is 0 Å². The van der Waals surface area contributed by atoms with Crippen molar-refractivity contribution in [2.75, 3.05) is 11.9 Å². The van der Waals surface area contributed by atoms with Gasteiger partial charge in [-0.1, -0.05) is 24.6 Å². The van der Waals surface area contributed by atoms with Crippen molar-refractivity contribution in [3.63, 3.8) is 0 Å². The third kappa shape index (κ3) is 4.28. The second-order valence-corrected chi connectivity index (χ2v) is 4.58. The summed E-state index contributed by atoms with van der Waals surface area (Å²) in [6.07, 6.45) is 2.90. The molecule has 1 N–H and O–H groups in total. The maximum Gasteiger partial charge on any atom is 0.126 e. The Labute approximate surface area is 114 Å². The van der Waals surface area contributed by atoms with Crippen LogP contribution in [0, 0.1) is 6.92 Å². The van der Waals surface area contributed by atoms with E-state index in [2.05, 4.69) is 36.3 Å². The van der Waals surface area contributed by atoms with Crippen molar-refractivity contribution in [1.82, 2.24) is 4.98 Å². The molecule has 0 unspecified atom stereocenters. The Morgan fingerprint density at radius 2 is 1.95 bits per heavy atom. The van der Waals surface area contributed by atoms with Crippen LogP contribution in [0.5, 0.6) is 5.75 Å². The molecule has 2 aromatic rings. The molecular weight excluding hydrogens is 236 g/mol. The van der Waals surface area contributed by atoms with Gasteiger partial charge in [0, 0.05) is 12.7 Å². The van der Waals surface area contributed by atoms with Crippen LogP contribution in [0.15, 0.2) is 42.6 Å². The zero-order valence-corrected chi connectivity index (χ0v) is 11.5. The molecule has 0 radical (unpaired) electrons. The van der Waals surface area contributed by atoms with Gasteiger partial charge in [-0.25, -0.2) is 4.98 Å². The van der Waals surface area contributed by atoms with E-state index < -0.39 is 0 Å². The molecule has 19 heavy (non-hydrogen) atoms.